The van der Waals surface area contributed by atoms with Crippen molar-refractivity contribution in [2.45, 2.75) is 58.5 Å². The molecule has 0 fully saturated rings. The van der Waals surface area contributed by atoms with Gasteiger partial charge in [0, 0.05) is 6.54 Å². The van der Waals surface area contributed by atoms with E-state index in [4.69, 9.17) is 21.4 Å². The molecule has 0 heterocycles. The van der Waals surface area contributed by atoms with Crippen LogP contribution >= 0.6 is 11.6 Å². The average Bonchev–Trinajstić information content (AvgIpc) is 2.47. The van der Waals surface area contributed by atoms with Gasteiger partial charge in [0.25, 0.3) is 0 Å². The molecule has 0 bridgehead atoms. The molecule has 0 saturated heterocycles. The van der Waals surface area contributed by atoms with E-state index < -0.39 is 0 Å². The highest BCUT2D eigenvalue weighted by molar-refractivity contribution is 6.32. The van der Waals surface area contributed by atoms with Crippen molar-refractivity contribution in [2.24, 2.45) is 0 Å². The minimum absolute atomic E-state index is 0.137. The Morgan fingerprint density at radius 3 is 2.64 bits per heavy atom. The summed E-state index contributed by atoms with van der Waals surface area (Å²) in [5.41, 5.74) is 1.38. The van der Waals surface area contributed by atoms with Crippen LogP contribution in [0.15, 0.2) is 18.2 Å². The van der Waals surface area contributed by atoms with Crippen molar-refractivity contribution in [2.75, 3.05) is 19.7 Å². The Hall–Kier alpha value is -0.770. The summed E-state index contributed by atoms with van der Waals surface area (Å²) >= 11 is 6.32. The van der Waals surface area contributed by atoms with Crippen LogP contribution in [0.2, 0.25) is 5.02 Å². The predicted octanol–water partition coefficient (Wildman–Crippen LogP) is 4.16. The van der Waals surface area contributed by atoms with Crippen molar-refractivity contribution in [3.63, 3.8) is 0 Å². The highest BCUT2D eigenvalue weighted by atomic mass is 35.5. The Morgan fingerprint density at radius 2 is 2.05 bits per heavy atom. The van der Waals surface area contributed by atoms with Crippen LogP contribution in [0, 0.1) is 0 Å². The summed E-state index contributed by atoms with van der Waals surface area (Å²) in [6.07, 6.45) is 2.76. The second-order valence-corrected chi connectivity index (χ2v) is 6.90. The third-order valence-corrected chi connectivity index (χ3v) is 4.34. The molecule has 0 aliphatic heterocycles. The molecule has 1 atom stereocenters. The molecule has 1 aromatic carbocycles. The highest BCUT2D eigenvalue weighted by Crippen LogP contribution is 2.33. The van der Waals surface area contributed by atoms with Gasteiger partial charge in [-0.25, -0.2) is 0 Å². The summed E-state index contributed by atoms with van der Waals surface area (Å²) in [6.45, 7) is 10.6. The maximum atomic E-state index is 9.13. The van der Waals surface area contributed by atoms with E-state index in [0.717, 1.165) is 31.6 Å². The number of aliphatic hydroxyl groups excluding tert-OH is 1. The van der Waals surface area contributed by atoms with E-state index in [1.807, 2.05) is 12.1 Å². The van der Waals surface area contributed by atoms with Crippen LogP contribution in [-0.4, -0.2) is 30.9 Å². The van der Waals surface area contributed by atoms with E-state index in [9.17, 15) is 0 Å². The smallest absolute Gasteiger partial charge is 0.137 e. The van der Waals surface area contributed by atoms with Crippen LogP contribution in [0.25, 0.3) is 0 Å². The largest absolute Gasteiger partial charge is 0.492 e. The van der Waals surface area contributed by atoms with Gasteiger partial charge in [0.1, 0.15) is 5.75 Å². The summed E-state index contributed by atoms with van der Waals surface area (Å²) in [5, 5.41) is 13.0. The minimum Gasteiger partial charge on any atom is -0.492 e. The number of rotatable bonds is 10. The molecule has 0 radical (unpaired) electrons. The SMILES string of the molecule is CCC(C)(C)c1ccc(OCCCCNC[C@H](C)O)c(Cl)c1. The van der Waals surface area contributed by atoms with Crippen LogP contribution in [0.3, 0.4) is 0 Å². The molecule has 22 heavy (non-hydrogen) atoms. The van der Waals surface area contributed by atoms with Gasteiger partial charge in [0.2, 0.25) is 0 Å². The van der Waals surface area contributed by atoms with Gasteiger partial charge in [0.05, 0.1) is 17.7 Å². The van der Waals surface area contributed by atoms with E-state index in [2.05, 4.69) is 32.2 Å². The van der Waals surface area contributed by atoms with Crippen molar-refractivity contribution in [1.29, 1.82) is 0 Å². The van der Waals surface area contributed by atoms with Crippen LogP contribution in [0.1, 0.15) is 52.5 Å². The molecular weight excluding hydrogens is 298 g/mol. The summed E-state index contributed by atoms with van der Waals surface area (Å²) in [4.78, 5) is 0. The zero-order valence-electron chi connectivity index (χ0n) is 14.3. The fourth-order valence-electron chi connectivity index (χ4n) is 2.09. The second kappa shape index (κ2) is 9.39. The normalized spacial score (nSPS) is 13.2. The van der Waals surface area contributed by atoms with Crippen LogP contribution in [0.5, 0.6) is 5.75 Å². The molecule has 2 N–H and O–H groups in total. The van der Waals surface area contributed by atoms with E-state index in [1.165, 1.54) is 5.56 Å². The number of nitrogens with one attached hydrogen (secondary N) is 1. The molecule has 1 aromatic rings. The summed E-state index contributed by atoms with van der Waals surface area (Å²) in [6, 6.07) is 6.10. The Morgan fingerprint density at radius 1 is 1.32 bits per heavy atom. The zero-order valence-corrected chi connectivity index (χ0v) is 15.0. The monoisotopic (exact) mass is 327 g/mol. The van der Waals surface area contributed by atoms with Crippen molar-refractivity contribution < 1.29 is 9.84 Å². The number of halogens is 1. The molecule has 0 amide bonds. The minimum atomic E-state index is -0.291. The van der Waals surface area contributed by atoms with E-state index in [1.54, 1.807) is 6.92 Å². The first-order valence-corrected chi connectivity index (χ1v) is 8.56. The van der Waals surface area contributed by atoms with Crippen LogP contribution in [-0.2, 0) is 5.41 Å². The maximum Gasteiger partial charge on any atom is 0.137 e. The molecule has 0 saturated carbocycles. The molecule has 4 heteroatoms. The lowest BCUT2D eigenvalue weighted by Crippen LogP contribution is -2.25. The number of hydrogen-bond donors (Lipinski definition) is 2. The van der Waals surface area contributed by atoms with Gasteiger partial charge < -0.3 is 15.2 Å². The van der Waals surface area contributed by atoms with Crippen molar-refractivity contribution in [1.82, 2.24) is 5.32 Å². The molecule has 3 nitrogen and oxygen atoms in total. The molecular formula is C18H30ClNO2. The lowest BCUT2D eigenvalue weighted by atomic mass is 9.82. The number of benzene rings is 1. The van der Waals surface area contributed by atoms with Crippen LogP contribution < -0.4 is 10.1 Å². The van der Waals surface area contributed by atoms with Gasteiger partial charge in [0.15, 0.2) is 0 Å². The molecule has 0 unspecified atom stereocenters. The van der Waals surface area contributed by atoms with E-state index >= 15 is 0 Å². The molecule has 1 rings (SSSR count). The van der Waals surface area contributed by atoms with Gasteiger partial charge in [-0.15, -0.1) is 0 Å². The first kappa shape index (κ1) is 19.3. The lowest BCUT2D eigenvalue weighted by Gasteiger charge is -2.24. The van der Waals surface area contributed by atoms with Gasteiger partial charge in [-0.2, -0.15) is 0 Å². The summed E-state index contributed by atoms with van der Waals surface area (Å²) in [5.74, 6) is 0.759. The van der Waals surface area contributed by atoms with E-state index in [-0.39, 0.29) is 11.5 Å². The third kappa shape index (κ3) is 6.55. The Labute approximate surface area is 140 Å². The topological polar surface area (TPSA) is 41.5 Å². The molecule has 0 aliphatic carbocycles. The summed E-state index contributed by atoms with van der Waals surface area (Å²) < 4.78 is 5.76. The van der Waals surface area contributed by atoms with Crippen molar-refractivity contribution >= 4 is 11.6 Å². The number of unbranched alkanes of at least 4 members (excludes halogenated alkanes) is 1. The molecule has 0 aliphatic rings. The highest BCUT2D eigenvalue weighted by Gasteiger charge is 2.19. The Bertz CT molecular complexity index is 447. The molecule has 0 aromatic heterocycles. The maximum absolute atomic E-state index is 9.13. The second-order valence-electron chi connectivity index (χ2n) is 6.49. The third-order valence-electron chi connectivity index (χ3n) is 4.04. The van der Waals surface area contributed by atoms with Gasteiger partial charge in [-0.3, -0.25) is 0 Å². The quantitative estimate of drug-likeness (QED) is 0.634. The van der Waals surface area contributed by atoms with Crippen LogP contribution in [0.4, 0.5) is 0 Å². The van der Waals surface area contributed by atoms with Gasteiger partial charge >= 0.3 is 0 Å². The zero-order chi connectivity index (χ0) is 16.6. The first-order chi connectivity index (χ1) is 10.4. The summed E-state index contributed by atoms with van der Waals surface area (Å²) in [7, 11) is 0. The average molecular weight is 328 g/mol. The molecule has 126 valence electrons. The van der Waals surface area contributed by atoms with Gasteiger partial charge in [-0.05, 0) is 55.8 Å². The van der Waals surface area contributed by atoms with Crippen molar-refractivity contribution in [3.05, 3.63) is 28.8 Å². The fraction of sp³-hybridized carbons (Fsp3) is 0.667. The van der Waals surface area contributed by atoms with Crippen molar-refractivity contribution in [3.8, 4) is 5.75 Å². The first-order valence-electron chi connectivity index (χ1n) is 8.18. The lowest BCUT2D eigenvalue weighted by molar-refractivity contribution is 0.191. The number of ether oxygens (including phenoxy) is 1. The number of aliphatic hydroxyl groups is 1. The van der Waals surface area contributed by atoms with Gasteiger partial charge in [-0.1, -0.05) is 38.4 Å². The standard InChI is InChI=1S/C18H30ClNO2/c1-5-18(3,4)15-8-9-17(16(19)12-15)22-11-7-6-10-20-13-14(2)21/h8-9,12,14,20-21H,5-7,10-11,13H2,1-4H3/t14-/m0/s1. The Balaban J connectivity index is 2.35. The Kier molecular flexibility index (Phi) is 8.23. The predicted molar refractivity (Wildman–Crippen MR) is 94.0 cm³/mol. The van der Waals surface area contributed by atoms with E-state index in [0.29, 0.717) is 18.2 Å². The number of hydrogen-bond acceptors (Lipinski definition) is 3. The fourth-order valence-corrected chi connectivity index (χ4v) is 2.32. The molecule has 0 spiro atoms.